The van der Waals surface area contributed by atoms with Crippen LogP contribution in [-0.4, -0.2) is 33.0 Å². The second kappa shape index (κ2) is 11.2. The third-order valence-corrected chi connectivity index (χ3v) is 6.03. The third-order valence-electron chi connectivity index (χ3n) is 4.65. The van der Waals surface area contributed by atoms with E-state index in [9.17, 15) is 4.79 Å². The Hall–Kier alpha value is -2.71. The van der Waals surface area contributed by atoms with Gasteiger partial charge in [-0.1, -0.05) is 35.5 Å². The van der Waals surface area contributed by atoms with E-state index in [1.54, 1.807) is 6.07 Å². The number of hydrogen-bond acceptors (Lipinski definition) is 6. The second-order valence-electron chi connectivity index (χ2n) is 7.12. The van der Waals surface area contributed by atoms with Crippen LogP contribution in [0.1, 0.15) is 30.8 Å². The zero-order valence-corrected chi connectivity index (χ0v) is 20.2. The number of amides is 1. The van der Waals surface area contributed by atoms with E-state index in [4.69, 9.17) is 21.1 Å². The number of aromatic nitrogens is 3. The summed E-state index contributed by atoms with van der Waals surface area (Å²) in [6, 6.07) is 11.3. The SMILES string of the molecule is CCOc1cc(C)ccc1OCc1nnc(SCC(=O)Nc2ccc(C)c(Cl)c2)n1CC. The fraction of sp³-hybridized carbons (Fsp3) is 0.348. The summed E-state index contributed by atoms with van der Waals surface area (Å²) >= 11 is 7.45. The van der Waals surface area contributed by atoms with Crippen LogP contribution in [0, 0.1) is 13.8 Å². The minimum absolute atomic E-state index is 0.139. The molecule has 0 saturated carbocycles. The Kier molecular flexibility index (Phi) is 8.41. The molecule has 170 valence electrons. The highest BCUT2D eigenvalue weighted by Gasteiger charge is 2.15. The average Bonchev–Trinajstić information content (AvgIpc) is 3.16. The van der Waals surface area contributed by atoms with Crippen molar-refractivity contribution in [1.29, 1.82) is 0 Å². The Morgan fingerprint density at radius 2 is 1.91 bits per heavy atom. The quantitative estimate of drug-likeness (QED) is 0.403. The molecule has 0 aliphatic rings. The second-order valence-corrected chi connectivity index (χ2v) is 8.47. The van der Waals surface area contributed by atoms with E-state index in [2.05, 4.69) is 15.5 Å². The Bertz CT molecular complexity index is 1090. The van der Waals surface area contributed by atoms with E-state index in [1.165, 1.54) is 11.8 Å². The largest absolute Gasteiger partial charge is 0.490 e. The van der Waals surface area contributed by atoms with Crippen LogP contribution in [0.25, 0.3) is 0 Å². The third kappa shape index (κ3) is 6.17. The first-order valence-corrected chi connectivity index (χ1v) is 11.7. The molecule has 2 aromatic carbocycles. The molecule has 0 saturated heterocycles. The van der Waals surface area contributed by atoms with Crippen molar-refractivity contribution in [2.24, 2.45) is 0 Å². The Morgan fingerprint density at radius 1 is 1.09 bits per heavy atom. The predicted octanol–water partition coefficient (Wildman–Crippen LogP) is 5.28. The molecule has 0 atom stereocenters. The minimum atomic E-state index is -0.139. The van der Waals surface area contributed by atoms with Gasteiger partial charge in [0.05, 0.1) is 12.4 Å². The van der Waals surface area contributed by atoms with Gasteiger partial charge in [0.25, 0.3) is 0 Å². The van der Waals surface area contributed by atoms with Crippen molar-refractivity contribution >= 4 is 35.0 Å². The van der Waals surface area contributed by atoms with Gasteiger partial charge in [-0.25, -0.2) is 0 Å². The van der Waals surface area contributed by atoms with Crippen molar-refractivity contribution in [3.05, 3.63) is 58.4 Å². The number of halogens is 1. The van der Waals surface area contributed by atoms with Crippen molar-refractivity contribution in [1.82, 2.24) is 14.8 Å². The summed E-state index contributed by atoms with van der Waals surface area (Å²) in [5, 5.41) is 12.6. The van der Waals surface area contributed by atoms with E-state index in [0.717, 1.165) is 11.1 Å². The number of benzene rings is 2. The Balaban J connectivity index is 1.61. The lowest BCUT2D eigenvalue weighted by molar-refractivity contribution is -0.113. The molecule has 9 heteroatoms. The van der Waals surface area contributed by atoms with Gasteiger partial charge < -0.3 is 19.4 Å². The monoisotopic (exact) mass is 474 g/mol. The molecule has 32 heavy (non-hydrogen) atoms. The number of aryl methyl sites for hydroxylation is 2. The van der Waals surface area contributed by atoms with Gasteiger partial charge in [-0.15, -0.1) is 10.2 Å². The summed E-state index contributed by atoms with van der Waals surface area (Å²) in [6.45, 7) is 9.33. The maximum absolute atomic E-state index is 12.4. The molecule has 3 aromatic rings. The summed E-state index contributed by atoms with van der Waals surface area (Å²) < 4.78 is 13.6. The van der Waals surface area contributed by atoms with Gasteiger partial charge in [0, 0.05) is 17.3 Å². The van der Waals surface area contributed by atoms with Crippen LogP contribution in [0.15, 0.2) is 41.6 Å². The maximum atomic E-state index is 12.4. The number of nitrogens with zero attached hydrogens (tertiary/aromatic N) is 3. The molecule has 0 radical (unpaired) electrons. The molecular weight excluding hydrogens is 448 g/mol. The Morgan fingerprint density at radius 3 is 2.62 bits per heavy atom. The molecule has 3 rings (SSSR count). The van der Waals surface area contributed by atoms with Crippen molar-refractivity contribution in [3.63, 3.8) is 0 Å². The van der Waals surface area contributed by atoms with Crippen molar-refractivity contribution in [2.45, 2.75) is 46.0 Å². The van der Waals surface area contributed by atoms with Crippen LogP contribution in [0.2, 0.25) is 5.02 Å². The number of ether oxygens (including phenoxy) is 2. The van der Waals surface area contributed by atoms with E-state index in [0.29, 0.717) is 46.3 Å². The van der Waals surface area contributed by atoms with Crippen LogP contribution in [0.3, 0.4) is 0 Å². The van der Waals surface area contributed by atoms with Crippen molar-refractivity contribution < 1.29 is 14.3 Å². The highest BCUT2D eigenvalue weighted by Crippen LogP contribution is 2.29. The molecule has 7 nitrogen and oxygen atoms in total. The molecular formula is C23H27ClN4O3S. The summed E-state index contributed by atoms with van der Waals surface area (Å²) in [6.07, 6.45) is 0. The highest BCUT2D eigenvalue weighted by atomic mass is 35.5. The van der Waals surface area contributed by atoms with E-state index < -0.39 is 0 Å². The number of nitrogens with one attached hydrogen (secondary N) is 1. The van der Waals surface area contributed by atoms with Crippen molar-refractivity contribution in [2.75, 3.05) is 17.7 Å². The van der Waals surface area contributed by atoms with Gasteiger partial charge in [0.2, 0.25) is 5.91 Å². The molecule has 0 aliphatic heterocycles. The van der Waals surface area contributed by atoms with E-state index in [1.807, 2.05) is 62.6 Å². The summed E-state index contributed by atoms with van der Waals surface area (Å²) in [5.74, 6) is 2.12. The van der Waals surface area contributed by atoms with Gasteiger partial charge in [0.1, 0.15) is 6.61 Å². The smallest absolute Gasteiger partial charge is 0.234 e. The van der Waals surface area contributed by atoms with Gasteiger partial charge in [-0.05, 0) is 63.1 Å². The van der Waals surface area contributed by atoms with E-state index >= 15 is 0 Å². The molecule has 0 unspecified atom stereocenters. The zero-order valence-electron chi connectivity index (χ0n) is 18.6. The fourth-order valence-electron chi connectivity index (χ4n) is 2.99. The first kappa shape index (κ1) is 23.9. The van der Waals surface area contributed by atoms with Gasteiger partial charge >= 0.3 is 0 Å². The maximum Gasteiger partial charge on any atom is 0.234 e. The van der Waals surface area contributed by atoms with Crippen LogP contribution in [0.5, 0.6) is 11.5 Å². The summed E-state index contributed by atoms with van der Waals surface area (Å²) in [5.41, 5.74) is 2.73. The lowest BCUT2D eigenvalue weighted by Gasteiger charge is -2.13. The number of rotatable bonds is 10. The van der Waals surface area contributed by atoms with Crippen LogP contribution in [0.4, 0.5) is 5.69 Å². The molecule has 1 aromatic heterocycles. The standard InChI is InChI=1S/C23H27ClN4O3S/c1-5-28-21(13-31-19-10-7-15(3)11-20(19)30-6-2)26-27-23(28)32-14-22(29)25-17-9-8-16(4)18(24)12-17/h7-12H,5-6,13-14H2,1-4H3,(H,25,29). The van der Waals surface area contributed by atoms with Crippen LogP contribution in [-0.2, 0) is 17.9 Å². The lowest BCUT2D eigenvalue weighted by atomic mass is 10.2. The van der Waals surface area contributed by atoms with E-state index in [-0.39, 0.29) is 18.3 Å². The molecule has 1 amide bonds. The Labute approximate surface area is 197 Å². The normalized spacial score (nSPS) is 10.8. The number of hydrogen-bond donors (Lipinski definition) is 1. The zero-order chi connectivity index (χ0) is 23.1. The molecule has 0 spiro atoms. The van der Waals surface area contributed by atoms with Gasteiger partial charge in [0.15, 0.2) is 22.5 Å². The van der Waals surface area contributed by atoms with Crippen molar-refractivity contribution in [3.8, 4) is 11.5 Å². The molecule has 0 aliphatic carbocycles. The minimum Gasteiger partial charge on any atom is -0.490 e. The summed E-state index contributed by atoms with van der Waals surface area (Å²) in [7, 11) is 0. The molecule has 1 N–H and O–H groups in total. The predicted molar refractivity (Wildman–Crippen MR) is 128 cm³/mol. The first-order chi connectivity index (χ1) is 15.4. The summed E-state index contributed by atoms with van der Waals surface area (Å²) in [4.78, 5) is 12.4. The first-order valence-electron chi connectivity index (χ1n) is 10.4. The lowest BCUT2D eigenvalue weighted by Crippen LogP contribution is -2.15. The number of thioether (sulfide) groups is 1. The van der Waals surface area contributed by atoms with Gasteiger partial charge in [-0.2, -0.15) is 0 Å². The van der Waals surface area contributed by atoms with Crippen LogP contribution >= 0.6 is 23.4 Å². The number of anilines is 1. The molecule has 0 bridgehead atoms. The van der Waals surface area contributed by atoms with Crippen LogP contribution < -0.4 is 14.8 Å². The molecule has 1 heterocycles. The fourth-order valence-corrected chi connectivity index (χ4v) is 3.99. The number of carbonyl (C=O) groups is 1. The number of carbonyl (C=O) groups excluding carboxylic acids is 1. The topological polar surface area (TPSA) is 78.3 Å². The molecule has 0 fully saturated rings. The van der Waals surface area contributed by atoms with Gasteiger partial charge in [-0.3, -0.25) is 4.79 Å². The average molecular weight is 475 g/mol. The highest BCUT2D eigenvalue weighted by molar-refractivity contribution is 7.99.